The van der Waals surface area contributed by atoms with E-state index in [1.165, 1.54) is 7.11 Å². The van der Waals surface area contributed by atoms with Crippen molar-refractivity contribution in [1.82, 2.24) is 15.3 Å². The molecule has 1 aromatic carbocycles. The summed E-state index contributed by atoms with van der Waals surface area (Å²) in [4.78, 5) is 41.7. The van der Waals surface area contributed by atoms with Crippen LogP contribution < -0.4 is 16.6 Å². The molecular formula is C15H16N4O4S. The number of nitrogens with one attached hydrogen (secondary N) is 2. The average Bonchev–Trinajstić information content (AvgIpc) is 2.57. The molecule has 24 heavy (non-hydrogen) atoms. The minimum atomic E-state index is -0.905. The second-order valence-electron chi connectivity index (χ2n) is 4.70. The highest BCUT2D eigenvalue weighted by Crippen LogP contribution is 2.16. The number of amides is 1. The summed E-state index contributed by atoms with van der Waals surface area (Å²) in [6.07, 6.45) is 0. The number of rotatable bonds is 6. The molecule has 8 nitrogen and oxygen atoms in total. The van der Waals surface area contributed by atoms with Crippen LogP contribution in [0.4, 0.5) is 5.82 Å². The summed E-state index contributed by atoms with van der Waals surface area (Å²) in [5, 5.41) is 2.82. The van der Waals surface area contributed by atoms with Gasteiger partial charge in [-0.15, -0.1) is 0 Å². The van der Waals surface area contributed by atoms with Gasteiger partial charge in [0.2, 0.25) is 5.91 Å². The molecule has 0 saturated heterocycles. The highest BCUT2D eigenvalue weighted by molar-refractivity contribution is 7.99. The first-order chi connectivity index (χ1) is 11.5. The van der Waals surface area contributed by atoms with Crippen molar-refractivity contribution >= 4 is 29.5 Å². The van der Waals surface area contributed by atoms with Crippen molar-refractivity contribution < 1.29 is 14.3 Å². The number of hydrogen-bond acceptors (Lipinski definition) is 7. The third-order valence-corrected chi connectivity index (χ3v) is 3.83. The fourth-order valence-corrected chi connectivity index (χ4v) is 2.59. The van der Waals surface area contributed by atoms with Gasteiger partial charge in [-0.3, -0.25) is 9.59 Å². The number of nitrogen functional groups attached to an aromatic ring is 1. The molecule has 0 saturated carbocycles. The minimum Gasteiger partial charge on any atom is -0.467 e. The number of esters is 1. The van der Waals surface area contributed by atoms with Crippen LogP contribution in [-0.2, 0) is 14.3 Å². The molecule has 1 heterocycles. The third-order valence-electron chi connectivity index (χ3n) is 2.95. The second kappa shape index (κ2) is 8.16. The minimum absolute atomic E-state index is 0.0489. The first-order valence-electron chi connectivity index (χ1n) is 6.91. The Bertz CT molecular complexity index is 779. The van der Waals surface area contributed by atoms with E-state index in [9.17, 15) is 14.4 Å². The Hall–Kier alpha value is -2.81. The van der Waals surface area contributed by atoms with E-state index in [1.54, 1.807) is 30.3 Å². The lowest BCUT2D eigenvalue weighted by molar-refractivity contribution is -0.145. The highest BCUT2D eigenvalue weighted by Gasteiger charge is 2.23. The third kappa shape index (κ3) is 4.85. The van der Waals surface area contributed by atoms with E-state index < -0.39 is 23.5 Å². The van der Waals surface area contributed by atoms with Crippen molar-refractivity contribution in [2.45, 2.75) is 11.2 Å². The predicted molar refractivity (Wildman–Crippen MR) is 89.3 cm³/mol. The van der Waals surface area contributed by atoms with Crippen LogP contribution in [0.3, 0.4) is 0 Å². The van der Waals surface area contributed by atoms with Crippen LogP contribution >= 0.6 is 11.8 Å². The standard InChI is InChI=1S/C15H16N4O4S/c1-23-14(22)13(9-5-3-2-4-6-9)18-12(21)8-24-15-17-10(16)7-11(20)19-15/h2-7,13H,8H2,1H3,(H,18,21)(H3,16,17,19,20)/t13-/m0/s1. The summed E-state index contributed by atoms with van der Waals surface area (Å²) in [5.74, 6) is -0.968. The molecule has 0 radical (unpaired) electrons. The van der Waals surface area contributed by atoms with Gasteiger partial charge >= 0.3 is 5.97 Å². The van der Waals surface area contributed by atoms with E-state index in [4.69, 9.17) is 10.5 Å². The second-order valence-corrected chi connectivity index (χ2v) is 5.66. The number of thioether (sulfide) groups is 1. The summed E-state index contributed by atoms with van der Waals surface area (Å²) >= 11 is 1.00. The van der Waals surface area contributed by atoms with Crippen molar-refractivity contribution in [3.8, 4) is 0 Å². The average molecular weight is 348 g/mol. The summed E-state index contributed by atoms with van der Waals surface area (Å²) in [6.45, 7) is 0. The highest BCUT2D eigenvalue weighted by atomic mass is 32.2. The number of aromatic amines is 1. The zero-order valence-corrected chi connectivity index (χ0v) is 13.6. The van der Waals surface area contributed by atoms with Crippen LogP contribution in [0, 0.1) is 0 Å². The van der Waals surface area contributed by atoms with Gasteiger partial charge in [-0.25, -0.2) is 9.78 Å². The maximum Gasteiger partial charge on any atom is 0.333 e. The normalized spacial score (nSPS) is 11.5. The molecule has 0 bridgehead atoms. The Morgan fingerprint density at radius 1 is 1.38 bits per heavy atom. The van der Waals surface area contributed by atoms with Crippen LogP contribution in [0.25, 0.3) is 0 Å². The van der Waals surface area contributed by atoms with Crippen molar-refractivity contribution in [2.24, 2.45) is 0 Å². The Morgan fingerprint density at radius 2 is 2.08 bits per heavy atom. The lowest BCUT2D eigenvalue weighted by Crippen LogP contribution is -2.35. The van der Waals surface area contributed by atoms with E-state index in [0.29, 0.717) is 5.56 Å². The number of benzene rings is 1. The van der Waals surface area contributed by atoms with Crippen molar-refractivity contribution in [3.63, 3.8) is 0 Å². The molecule has 0 fully saturated rings. The summed E-state index contributed by atoms with van der Waals surface area (Å²) < 4.78 is 4.73. The summed E-state index contributed by atoms with van der Waals surface area (Å²) in [5.41, 5.74) is 5.68. The van der Waals surface area contributed by atoms with Gasteiger partial charge in [0.25, 0.3) is 5.56 Å². The molecule has 9 heteroatoms. The quantitative estimate of drug-likeness (QED) is 0.393. The summed E-state index contributed by atoms with van der Waals surface area (Å²) in [7, 11) is 1.25. The number of hydrogen-bond donors (Lipinski definition) is 3. The Morgan fingerprint density at radius 3 is 2.71 bits per heavy atom. The van der Waals surface area contributed by atoms with Crippen LogP contribution in [-0.4, -0.2) is 34.7 Å². The Kier molecular flexibility index (Phi) is 5.96. The lowest BCUT2D eigenvalue weighted by atomic mass is 10.1. The van der Waals surface area contributed by atoms with Crippen molar-refractivity contribution in [3.05, 3.63) is 52.3 Å². The first kappa shape index (κ1) is 17.5. The van der Waals surface area contributed by atoms with Crippen molar-refractivity contribution in [1.29, 1.82) is 0 Å². The largest absolute Gasteiger partial charge is 0.467 e. The molecule has 2 aromatic rings. The lowest BCUT2D eigenvalue weighted by Gasteiger charge is -2.16. The molecule has 0 aliphatic heterocycles. The molecule has 0 aliphatic carbocycles. The molecule has 0 unspecified atom stereocenters. The number of carbonyl (C=O) groups excluding carboxylic acids is 2. The molecular weight excluding hydrogens is 332 g/mol. The van der Waals surface area contributed by atoms with Crippen molar-refractivity contribution in [2.75, 3.05) is 18.6 Å². The summed E-state index contributed by atoms with van der Waals surface area (Å²) in [6, 6.07) is 8.99. The van der Waals surface area contributed by atoms with E-state index >= 15 is 0 Å². The van der Waals surface area contributed by atoms with Gasteiger partial charge in [0, 0.05) is 6.07 Å². The SMILES string of the molecule is COC(=O)[C@@H](NC(=O)CSc1nc(N)cc(=O)[nH]1)c1ccccc1. The molecule has 1 aromatic heterocycles. The molecule has 1 atom stereocenters. The van der Waals surface area contributed by atoms with Crippen LogP contribution in [0.1, 0.15) is 11.6 Å². The predicted octanol–water partition coefficient (Wildman–Crippen LogP) is 0.475. The fraction of sp³-hybridized carbons (Fsp3) is 0.200. The fourth-order valence-electron chi connectivity index (χ4n) is 1.90. The zero-order valence-electron chi connectivity index (χ0n) is 12.8. The number of anilines is 1. The van der Waals surface area contributed by atoms with E-state index in [2.05, 4.69) is 15.3 Å². The molecule has 2 rings (SSSR count). The number of ether oxygens (including phenoxy) is 1. The van der Waals surface area contributed by atoms with Gasteiger partial charge in [-0.2, -0.15) is 0 Å². The van der Waals surface area contributed by atoms with Gasteiger partial charge in [0.1, 0.15) is 5.82 Å². The van der Waals surface area contributed by atoms with Crippen LogP contribution in [0.5, 0.6) is 0 Å². The Labute approximate surface area is 141 Å². The van der Waals surface area contributed by atoms with Gasteiger partial charge in [-0.05, 0) is 5.56 Å². The Balaban J connectivity index is 2.03. The molecule has 0 aliphatic rings. The zero-order chi connectivity index (χ0) is 17.5. The van der Waals surface area contributed by atoms with Crippen LogP contribution in [0.15, 0.2) is 46.3 Å². The molecule has 4 N–H and O–H groups in total. The van der Waals surface area contributed by atoms with E-state index in [1.807, 2.05) is 0 Å². The number of carbonyl (C=O) groups is 2. The molecule has 126 valence electrons. The molecule has 0 spiro atoms. The monoisotopic (exact) mass is 348 g/mol. The van der Waals surface area contributed by atoms with E-state index in [0.717, 1.165) is 17.8 Å². The van der Waals surface area contributed by atoms with Crippen LogP contribution in [0.2, 0.25) is 0 Å². The maximum atomic E-state index is 12.1. The van der Waals surface area contributed by atoms with Gasteiger partial charge in [-0.1, -0.05) is 42.1 Å². The number of methoxy groups -OCH3 is 1. The molecule has 1 amide bonds. The number of H-pyrrole nitrogens is 1. The number of aromatic nitrogens is 2. The number of nitrogens with zero attached hydrogens (tertiary/aromatic N) is 1. The van der Waals surface area contributed by atoms with Gasteiger partial charge < -0.3 is 20.8 Å². The van der Waals surface area contributed by atoms with E-state index in [-0.39, 0.29) is 16.7 Å². The van der Waals surface area contributed by atoms with Gasteiger partial charge in [0.15, 0.2) is 11.2 Å². The topological polar surface area (TPSA) is 127 Å². The maximum absolute atomic E-state index is 12.1. The van der Waals surface area contributed by atoms with Gasteiger partial charge in [0.05, 0.1) is 12.9 Å². The smallest absolute Gasteiger partial charge is 0.333 e. The number of nitrogens with two attached hydrogens (primary N) is 1. The first-order valence-corrected chi connectivity index (χ1v) is 7.90.